The van der Waals surface area contributed by atoms with Crippen LogP contribution in [0, 0.1) is 5.41 Å². The maximum atomic E-state index is 10.5. The zero-order valence-electron chi connectivity index (χ0n) is 9.16. The summed E-state index contributed by atoms with van der Waals surface area (Å²) < 4.78 is 5.04. The number of rotatable bonds is 8. The summed E-state index contributed by atoms with van der Waals surface area (Å²) in [5.74, 6) is -0.954. The van der Waals surface area contributed by atoms with Gasteiger partial charge in [-0.2, -0.15) is 0 Å². The lowest BCUT2D eigenvalue weighted by Crippen LogP contribution is -2.42. The van der Waals surface area contributed by atoms with Crippen molar-refractivity contribution in [2.45, 2.75) is 25.3 Å². The highest BCUT2D eigenvalue weighted by molar-refractivity contribution is 5.73. The summed E-state index contributed by atoms with van der Waals surface area (Å²) in [6.45, 7) is 1.95. The zero-order chi connectivity index (χ0) is 11.3. The molecule has 1 atom stereocenters. The van der Waals surface area contributed by atoms with Crippen molar-refractivity contribution in [1.82, 2.24) is 5.32 Å². The van der Waals surface area contributed by atoms with Gasteiger partial charge in [0.15, 0.2) is 0 Å². The Morgan fingerprint density at radius 1 is 1.67 bits per heavy atom. The van der Waals surface area contributed by atoms with E-state index in [1.165, 1.54) is 12.8 Å². The third-order valence-electron chi connectivity index (χ3n) is 2.98. The number of aliphatic carboxylic acids is 1. The van der Waals surface area contributed by atoms with Gasteiger partial charge in [0.2, 0.25) is 0 Å². The van der Waals surface area contributed by atoms with E-state index in [9.17, 15) is 4.79 Å². The maximum Gasteiger partial charge on any atom is 0.321 e. The third kappa shape index (κ3) is 4.15. The standard InChI is InChI=1S/C10H20N2O3/c1-15-5-4-10(2-3-10)7-12-6-8(11)9(13)14/h8,12H,2-7,11H2,1H3,(H,13,14). The van der Waals surface area contributed by atoms with Crippen LogP contribution in [0.4, 0.5) is 0 Å². The Bertz CT molecular complexity index is 217. The summed E-state index contributed by atoms with van der Waals surface area (Å²) in [4.78, 5) is 10.5. The summed E-state index contributed by atoms with van der Waals surface area (Å²) in [5, 5.41) is 11.7. The molecule has 4 N–H and O–H groups in total. The van der Waals surface area contributed by atoms with Crippen LogP contribution in [-0.4, -0.2) is 43.9 Å². The van der Waals surface area contributed by atoms with Crippen LogP contribution >= 0.6 is 0 Å². The molecule has 0 radical (unpaired) electrons. The van der Waals surface area contributed by atoms with Gasteiger partial charge in [-0.25, -0.2) is 0 Å². The molecule has 1 aliphatic rings. The van der Waals surface area contributed by atoms with Gasteiger partial charge in [0.1, 0.15) is 6.04 Å². The molecule has 15 heavy (non-hydrogen) atoms. The van der Waals surface area contributed by atoms with Crippen molar-refractivity contribution in [2.75, 3.05) is 26.8 Å². The minimum Gasteiger partial charge on any atom is -0.480 e. The van der Waals surface area contributed by atoms with E-state index in [1.54, 1.807) is 7.11 Å². The summed E-state index contributed by atoms with van der Waals surface area (Å²) in [6.07, 6.45) is 3.44. The number of methoxy groups -OCH3 is 1. The highest BCUT2D eigenvalue weighted by Gasteiger charge is 2.41. The van der Waals surface area contributed by atoms with Crippen LogP contribution < -0.4 is 11.1 Å². The van der Waals surface area contributed by atoms with Crippen LogP contribution in [0.25, 0.3) is 0 Å². The second-order valence-corrected chi connectivity index (χ2v) is 4.32. The molecule has 0 aromatic heterocycles. The third-order valence-corrected chi connectivity index (χ3v) is 2.98. The Morgan fingerprint density at radius 3 is 2.80 bits per heavy atom. The second-order valence-electron chi connectivity index (χ2n) is 4.32. The van der Waals surface area contributed by atoms with Gasteiger partial charge in [0.25, 0.3) is 0 Å². The fraction of sp³-hybridized carbons (Fsp3) is 0.900. The Labute approximate surface area is 90.0 Å². The lowest BCUT2D eigenvalue weighted by Gasteiger charge is -2.16. The fourth-order valence-corrected chi connectivity index (χ4v) is 1.59. The highest BCUT2D eigenvalue weighted by Crippen LogP contribution is 2.48. The van der Waals surface area contributed by atoms with Gasteiger partial charge in [-0.3, -0.25) is 4.79 Å². The maximum absolute atomic E-state index is 10.5. The molecule has 5 heteroatoms. The molecule has 0 aliphatic heterocycles. The molecular formula is C10H20N2O3. The number of carboxylic acid groups (broad SMARTS) is 1. The number of nitrogens with two attached hydrogens (primary N) is 1. The Morgan fingerprint density at radius 2 is 2.33 bits per heavy atom. The smallest absolute Gasteiger partial charge is 0.321 e. The molecular weight excluding hydrogens is 196 g/mol. The molecule has 1 aliphatic carbocycles. The van der Waals surface area contributed by atoms with Crippen LogP contribution in [0.5, 0.6) is 0 Å². The van der Waals surface area contributed by atoms with Gasteiger partial charge in [-0.05, 0) is 24.7 Å². The van der Waals surface area contributed by atoms with Gasteiger partial charge in [0.05, 0.1) is 0 Å². The van der Waals surface area contributed by atoms with E-state index >= 15 is 0 Å². The molecule has 0 heterocycles. The minimum atomic E-state index is -0.954. The van der Waals surface area contributed by atoms with E-state index in [-0.39, 0.29) is 0 Å². The molecule has 0 spiro atoms. The van der Waals surface area contributed by atoms with Crippen molar-refractivity contribution in [3.8, 4) is 0 Å². The van der Waals surface area contributed by atoms with Gasteiger partial charge in [0, 0.05) is 26.8 Å². The molecule has 0 aromatic rings. The van der Waals surface area contributed by atoms with Crippen LogP contribution in [0.1, 0.15) is 19.3 Å². The molecule has 0 amide bonds. The fourth-order valence-electron chi connectivity index (χ4n) is 1.59. The van der Waals surface area contributed by atoms with E-state index in [0.29, 0.717) is 12.0 Å². The number of nitrogens with one attached hydrogen (secondary N) is 1. The SMILES string of the molecule is COCCC1(CNCC(N)C(=O)O)CC1. The average molecular weight is 216 g/mol. The van der Waals surface area contributed by atoms with Crippen LogP contribution in [0.15, 0.2) is 0 Å². The summed E-state index contributed by atoms with van der Waals surface area (Å²) in [6, 6.07) is -0.803. The number of ether oxygens (including phenoxy) is 1. The number of hydrogen-bond acceptors (Lipinski definition) is 4. The minimum absolute atomic E-state index is 0.337. The molecule has 1 saturated carbocycles. The van der Waals surface area contributed by atoms with Gasteiger partial charge < -0.3 is 20.9 Å². The molecule has 1 rings (SSSR count). The first-order valence-electron chi connectivity index (χ1n) is 5.28. The first kappa shape index (κ1) is 12.4. The lowest BCUT2D eigenvalue weighted by molar-refractivity contribution is -0.138. The number of carbonyl (C=O) groups is 1. The summed E-state index contributed by atoms with van der Waals surface area (Å²) in [5.41, 5.74) is 5.72. The topological polar surface area (TPSA) is 84.6 Å². The van der Waals surface area contributed by atoms with E-state index in [4.69, 9.17) is 15.6 Å². The van der Waals surface area contributed by atoms with Gasteiger partial charge >= 0.3 is 5.97 Å². The van der Waals surface area contributed by atoms with Gasteiger partial charge in [-0.15, -0.1) is 0 Å². The van der Waals surface area contributed by atoms with Crippen LogP contribution in [0.2, 0.25) is 0 Å². The van der Waals surface area contributed by atoms with Crippen molar-refractivity contribution < 1.29 is 14.6 Å². The van der Waals surface area contributed by atoms with E-state index in [2.05, 4.69) is 5.32 Å². The normalized spacial score (nSPS) is 19.9. The number of carboxylic acids is 1. The monoisotopic (exact) mass is 216 g/mol. The molecule has 5 nitrogen and oxygen atoms in total. The highest BCUT2D eigenvalue weighted by atomic mass is 16.5. The van der Waals surface area contributed by atoms with Crippen molar-refractivity contribution in [2.24, 2.45) is 11.1 Å². The summed E-state index contributed by atoms with van der Waals surface area (Å²) in [7, 11) is 1.70. The lowest BCUT2D eigenvalue weighted by atomic mass is 10.0. The first-order valence-corrected chi connectivity index (χ1v) is 5.28. The molecule has 88 valence electrons. The largest absolute Gasteiger partial charge is 0.480 e. The molecule has 1 fully saturated rings. The van der Waals surface area contributed by atoms with Crippen LogP contribution in [0.3, 0.4) is 0 Å². The molecule has 0 bridgehead atoms. The molecule has 0 saturated heterocycles. The molecule has 1 unspecified atom stereocenters. The van der Waals surface area contributed by atoms with E-state index in [0.717, 1.165) is 19.6 Å². The Balaban J connectivity index is 2.11. The predicted molar refractivity (Wildman–Crippen MR) is 56.6 cm³/mol. The van der Waals surface area contributed by atoms with E-state index < -0.39 is 12.0 Å². The Kier molecular flexibility index (Phi) is 4.50. The Hall–Kier alpha value is -0.650. The van der Waals surface area contributed by atoms with Crippen molar-refractivity contribution in [3.05, 3.63) is 0 Å². The predicted octanol–water partition coefficient (Wildman–Crippen LogP) is -0.195. The van der Waals surface area contributed by atoms with Crippen molar-refractivity contribution in [3.63, 3.8) is 0 Å². The van der Waals surface area contributed by atoms with Crippen molar-refractivity contribution in [1.29, 1.82) is 0 Å². The quantitative estimate of drug-likeness (QED) is 0.523. The average Bonchev–Trinajstić information content (AvgIpc) is 2.95. The molecule has 0 aromatic carbocycles. The van der Waals surface area contributed by atoms with Gasteiger partial charge in [-0.1, -0.05) is 0 Å². The number of hydrogen-bond donors (Lipinski definition) is 3. The second kappa shape index (κ2) is 5.44. The zero-order valence-corrected chi connectivity index (χ0v) is 9.16. The first-order chi connectivity index (χ1) is 7.09. The summed E-state index contributed by atoms with van der Waals surface area (Å²) >= 11 is 0. The van der Waals surface area contributed by atoms with E-state index in [1.807, 2.05) is 0 Å². The van der Waals surface area contributed by atoms with Crippen molar-refractivity contribution >= 4 is 5.97 Å². The van der Waals surface area contributed by atoms with Crippen LogP contribution in [-0.2, 0) is 9.53 Å².